The second kappa shape index (κ2) is 8.97. The summed E-state index contributed by atoms with van der Waals surface area (Å²) in [6.45, 7) is 7.64. The topological polar surface area (TPSA) is 58.4 Å². The molecule has 1 aliphatic rings. The molecular formula is C16H26Cl3N3O. The van der Waals surface area contributed by atoms with Crippen LogP contribution in [0.5, 0.6) is 0 Å². The fraction of sp³-hybridized carbons (Fsp3) is 0.562. The summed E-state index contributed by atoms with van der Waals surface area (Å²) >= 11 is 6.02. The number of carbonyl (C=O) groups is 1. The van der Waals surface area contributed by atoms with Gasteiger partial charge in [0.05, 0.1) is 6.04 Å². The number of nitrogens with two attached hydrogens (primary N) is 1. The Labute approximate surface area is 155 Å². The number of halogens is 3. The first-order chi connectivity index (χ1) is 9.77. The first kappa shape index (κ1) is 22.3. The lowest BCUT2D eigenvalue weighted by atomic mass is 9.87. The van der Waals surface area contributed by atoms with Crippen LogP contribution in [0.1, 0.15) is 27.2 Å². The van der Waals surface area contributed by atoms with E-state index in [2.05, 4.69) is 10.2 Å². The fourth-order valence-corrected chi connectivity index (χ4v) is 2.65. The van der Waals surface area contributed by atoms with Gasteiger partial charge in [0, 0.05) is 29.8 Å². The molecule has 3 N–H and O–H groups in total. The minimum atomic E-state index is -0.488. The Kier molecular flexibility index (Phi) is 8.71. The van der Waals surface area contributed by atoms with Crippen LogP contribution >= 0.6 is 36.4 Å². The fourth-order valence-electron chi connectivity index (χ4n) is 2.47. The zero-order valence-corrected chi connectivity index (χ0v) is 16.1. The maximum Gasteiger partial charge on any atom is 0.237 e. The van der Waals surface area contributed by atoms with Crippen molar-refractivity contribution >= 4 is 48.0 Å². The minimum Gasteiger partial charge on any atom is -0.369 e. The lowest BCUT2D eigenvalue weighted by Gasteiger charge is -2.27. The summed E-state index contributed by atoms with van der Waals surface area (Å²) in [5, 5.41) is 3.79. The Morgan fingerprint density at radius 2 is 2.04 bits per heavy atom. The molecule has 1 saturated heterocycles. The van der Waals surface area contributed by atoms with Gasteiger partial charge in [-0.1, -0.05) is 38.4 Å². The number of hydrogen-bond acceptors (Lipinski definition) is 3. The van der Waals surface area contributed by atoms with Gasteiger partial charge in [-0.05, 0) is 30.0 Å². The molecule has 7 heteroatoms. The van der Waals surface area contributed by atoms with Crippen molar-refractivity contribution in [2.24, 2.45) is 11.1 Å². The molecule has 23 heavy (non-hydrogen) atoms. The monoisotopic (exact) mass is 381 g/mol. The lowest BCUT2D eigenvalue weighted by molar-refractivity contribution is -0.125. The summed E-state index contributed by atoms with van der Waals surface area (Å²) in [7, 11) is 0. The van der Waals surface area contributed by atoms with Gasteiger partial charge in [-0.3, -0.25) is 4.79 Å². The van der Waals surface area contributed by atoms with E-state index in [9.17, 15) is 4.79 Å². The molecule has 132 valence electrons. The predicted molar refractivity (Wildman–Crippen MR) is 102 cm³/mol. The number of nitrogens with one attached hydrogen (secondary N) is 1. The van der Waals surface area contributed by atoms with E-state index >= 15 is 0 Å². The van der Waals surface area contributed by atoms with Crippen LogP contribution in [0.4, 0.5) is 5.69 Å². The highest BCUT2D eigenvalue weighted by molar-refractivity contribution is 6.30. The zero-order chi connectivity index (χ0) is 15.6. The van der Waals surface area contributed by atoms with Crippen LogP contribution in [0.3, 0.4) is 0 Å². The second-order valence-electron chi connectivity index (χ2n) is 6.76. The Bertz CT molecular complexity index is 520. The van der Waals surface area contributed by atoms with Crippen LogP contribution in [0.25, 0.3) is 0 Å². The third kappa shape index (κ3) is 6.03. The molecule has 0 aromatic heterocycles. The SMILES string of the molecule is CC(C)(C)[C@H](N)C(=O)NC1CCN(c2cccc(Cl)c2)C1.Cl.Cl. The van der Waals surface area contributed by atoms with Crippen LogP contribution in [0.2, 0.25) is 5.02 Å². The number of anilines is 1. The van der Waals surface area contributed by atoms with Gasteiger partial charge in [0.25, 0.3) is 0 Å². The van der Waals surface area contributed by atoms with Gasteiger partial charge in [0.1, 0.15) is 0 Å². The molecule has 1 unspecified atom stereocenters. The predicted octanol–water partition coefficient (Wildman–Crippen LogP) is 3.25. The quantitative estimate of drug-likeness (QED) is 0.843. The van der Waals surface area contributed by atoms with E-state index in [-0.39, 0.29) is 42.2 Å². The van der Waals surface area contributed by atoms with Crippen molar-refractivity contribution in [3.63, 3.8) is 0 Å². The molecular weight excluding hydrogens is 357 g/mol. The van der Waals surface area contributed by atoms with Gasteiger partial charge in [0.2, 0.25) is 5.91 Å². The highest BCUT2D eigenvalue weighted by Crippen LogP contribution is 2.24. The standard InChI is InChI=1S/C16H24ClN3O.2ClH/c1-16(2,3)14(18)15(21)19-12-7-8-20(10-12)13-6-4-5-11(17)9-13;;/h4-6,9,12,14H,7-8,10,18H2,1-3H3,(H,19,21);2*1H/t12?,14-;;/m1../s1. The van der Waals surface area contributed by atoms with Gasteiger partial charge in [-0.2, -0.15) is 0 Å². The van der Waals surface area contributed by atoms with Gasteiger partial charge in [0.15, 0.2) is 0 Å². The average Bonchev–Trinajstić information content (AvgIpc) is 2.85. The highest BCUT2D eigenvalue weighted by Gasteiger charge is 2.31. The van der Waals surface area contributed by atoms with Crippen molar-refractivity contribution in [2.45, 2.75) is 39.3 Å². The number of benzene rings is 1. The normalized spacial score (nSPS) is 18.7. The van der Waals surface area contributed by atoms with Crippen LogP contribution < -0.4 is 16.0 Å². The van der Waals surface area contributed by atoms with E-state index in [1.165, 1.54) is 0 Å². The smallest absolute Gasteiger partial charge is 0.237 e. The van der Waals surface area contributed by atoms with Crippen LogP contribution in [-0.4, -0.2) is 31.1 Å². The Hall–Kier alpha value is -0.680. The Morgan fingerprint density at radius 1 is 1.39 bits per heavy atom. The molecule has 4 nitrogen and oxygen atoms in total. The second-order valence-corrected chi connectivity index (χ2v) is 7.20. The lowest BCUT2D eigenvalue weighted by Crippen LogP contribution is -2.51. The molecule has 0 aliphatic carbocycles. The summed E-state index contributed by atoms with van der Waals surface area (Å²) < 4.78 is 0. The molecule has 1 aromatic carbocycles. The van der Waals surface area contributed by atoms with Gasteiger partial charge in [-0.25, -0.2) is 0 Å². The largest absolute Gasteiger partial charge is 0.369 e. The minimum absolute atomic E-state index is 0. The maximum absolute atomic E-state index is 12.2. The van der Waals surface area contributed by atoms with E-state index in [4.69, 9.17) is 17.3 Å². The molecule has 1 aromatic rings. The summed E-state index contributed by atoms with van der Waals surface area (Å²) in [4.78, 5) is 14.4. The molecule has 1 aliphatic heterocycles. The van der Waals surface area contributed by atoms with E-state index in [1.54, 1.807) is 0 Å². The summed E-state index contributed by atoms with van der Waals surface area (Å²) in [6, 6.07) is 7.45. The summed E-state index contributed by atoms with van der Waals surface area (Å²) in [5.74, 6) is -0.0690. The first-order valence-corrected chi connectivity index (χ1v) is 7.71. The van der Waals surface area contributed by atoms with Gasteiger partial charge >= 0.3 is 0 Å². The number of rotatable bonds is 3. The van der Waals surface area contributed by atoms with Crippen LogP contribution in [-0.2, 0) is 4.79 Å². The maximum atomic E-state index is 12.2. The molecule has 2 atom stereocenters. The Morgan fingerprint density at radius 3 is 2.61 bits per heavy atom. The number of nitrogens with zero attached hydrogens (tertiary/aromatic N) is 1. The van der Waals surface area contributed by atoms with E-state index in [0.29, 0.717) is 0 Å². The number of hydrogen-bond donors (Lipinski definition) is 2. The van der Waals surface area contributed by atoms with Crippen LogP contribution in [0, 0.1) is 5.41 Å². The highest BCUT2D eigenvalue weighted by atomic mass is 35.5. The van der Waals surface area contributed by atoms with Gasteiger partial charge in [-0.15, -0.1) is 24.8 Å². The molecule has 1 amide bonds. The summed E-state index contributed by atoms with van der Waals surface area (Å²) in [6.07, 6.45) is 0.926. The van der Waals surface area contributed by atoms with E-state index in [0.717, 1.165) is 30.2 Å². The molecule has 0 spiro atoms. The van der Waals surface area contributed by atoms with Crippen molar-refractivity contribution in [2.75, 3.05) is 18.0 Å². The Balaban J connectivity index is 0.00000242. The summed E-state index contributed by atoms with van der Waals surface area (Å²) in [5.41, 5.74) is 6.86. The average molecular weight is 383 g/mol. The van der Waals surface area contributed by atoms with Crippen molar-refractivity contribution < 1.29 is 4.79 Å². The molecule has 1 heterocycles. The first-order valence-electron chi connectivity index (χ1n) is 7.34. The molecule has 2 rings (SSSR count). The third-order valence-corrected chi connectivity index (χ3v) is 4.16. The van der Waals surface area contributed by atoms with Crippen molar-refractivity contribution in [1.82, 2.24) is 5.32 Å². The molecule has 1 fully saturated rings. The molecule has 0 saturated carbocycles. The van der Waals surface area contributed by atoms with Crippen molar-refractivity contribution in [1.29, 1.82) is 0 Å². The van der Waals surface area contributed by atoms with Crippen molar-refractivity contribution in [3.05, 3.63) is 29.3 Å². The van der Waals surface area contributed by atoms with E-state index < -0.39 is 6.04 Å². The zero-order valence-electron chi connectivity index (χ0n) is 13.7. The van der Waals surface area contributed by atoms with E-state index in [1.807, 2.05) is 45.0 Å². The van der Waals surface area contributed by atoms with Crippen molar-refractivity contribution in [3.8, 4) is 0 Å². The molecule has 0 radical (unpaired) electrons. The number of amides is 1. The van der Waals surface area contributed by atoms with Crippen LogP contribution in [0.15, 0.2) is 24.3 Å². The van der Waals surface area contributed by atoms with Gasteiger partial charge < -0.3 is 16.0 Å². The number of carbonyl (C=O) groups excluding carboxylic acids is 1. The molecule has 0 bridgehead atoms. The third-order valence-electron chi connectivity index (χ3n) is 3.92.